The van der Waals surface area contributed by atoms with Gasteiger partial charge in [0.05, 0.1) is 12.2 Å². The second-order valence-electron chi connectivity index (χ2n) is 7.28. The van der Waals surface area contributed by atoms with Crippen LogP contribution < -0.4 is 0 Å². The van der Waals surface area contributed by atoms with E-state index in [2.05, 4.69) is 34.3 Å². The van der Waals surface area contributed by atoms with Crippen molar-refractivity contribution in [2.75, 3.05) is 6.61 Å². The van der Waals surface area contributed by atoms with Crippen molar-refractivity contribution in [3.63, 3.8) is 0 Å². The van der Waals surface area contributed by atoms with E-state index in [9.17, 15) is 4.79 Å². The minimum atomic E-state index is -0.240. The Morgan fingerprint density at radius 2 is 1.91 bits per heavy atom. The van der Waals surface area contributed by atoms with Gasteiger partial charge in [-0.3, -0.25) is 0 Å². The van der Waals surface area contributed by atoms with E-state index in [0.717, 1.165) is 17.9 Å². The van der Waals surface area contributed by atoms with Crippen molar-refractivity contribution in [3.8, 4) is 0 Å². The third kappa shape index (κ3) is 7.49. The summed E-state index contributed by atoms with van der Waals surface area (Å²) in [4.78, 5) is 12.0. The third-order valence-electron chi connectivity index (χ3n) is 4.64. The molecule has 0 saturated carbocycles. The van der Waals surface area contributed by atoms with Gasteiger partial charge in [-0.15, -0.1) is 0 Å². The molecule has 1 aromatic carbocycles. The van der Waals surface area contributed by atoms with Gasteiger partial charge in [0.2, 0.25) is 0 Å². The zero-order chi connectivity index (χ0) is 17.3. The number of carbonyl (C=O) groups is 1. The van der Waals surface area contributed by atoms with E-state index in [1.54, 1.807) is 18.2 Å². The Morgan fingerprint density at radius 3 is 2.48 bits per heavy atom. The Labute approximate surface area is 141 Å². The normalized spacial score (nSPS) is 12.7. The maximum atomic E-state index is 12.0. The van der Waals surface area contributed by atoms with E-state index in [0.29, 0.717) is 12.2 Å². The minimum Gasteiger partial charge on any atom is -0.462 e. The number of ether oxygens (including phenoxy) is 1. The molecule has 1 rings (SSSR count). The molecule has 0 radical (unpaired) electrons. The predicted molar refractivity (Wildman–Crippen MR) is 98.5 cm³/mol. The maximum absolute atomic E-state index is 12.0. The Kier molecular flexibility index (Phi) is 8.08. The van der Waals surface area contributed by atoms with Crippen molar-refractivity contribution in [1.29, 1.82) is 0 Å². The molecule has 0 saturated heterocycles. The average molecular weight is 316 g/mol. The van der Waals surface area contributed by atoms with Crippen LogP contribution in [0.5, 0.6) is 0 Å². The summed E-state index contributed by atoms with van der Waals surface area (Å²) in [5, 5.41) is 0. The van der Waals surface area contributed by atoms with Crippen molar-refractivity contribution in [2.24, 2.45) is 11.3 Å². The fourth-order valence-corrected chi connectivity index (χ4v) is 2.52. The quantitative estimate of drug-likeness (QED) is 0.486. The van der Waals surface area contributed by atoms with Gasteiger partial charge in [0.1, 0.15) is 0 Å². The van der Waals surface area contributed by atoms with Crippen LogP contribution in [0, 0.1) is 11.3 Å². The van der Waals surface area contributed by atoms with Crippen LogP contribution in [0.4, 0.5) is 0 Å². The Bertz CT molecular complexity index is 485. The summed E-state index contributed by atoms with van der Waals surface area (Å²) in [6.45, 7) is 13.3. The summed E-state index contributed by atoms with van der Waals surface area (Å²) in [6.07, 6.45) is 7.64. The molecule has 0 amide bonds. The summed E-state index contributed by atoms with van der Waals surface area (Å²) in [5.74, 6) is 0.568. The van der Waals surface area contributed by atoms with Crippen molar-refractivity contribution >= 4 is 12.0 Å². The highest BCUT2D eigenvalue weighted by Crippen LogP contribution is 2.28. The second kappa shape index (κ2) is 9.54. The van der Waals surface area contributed by atoms with Crippen molar-refractivity contribution in [3.05, 3.63) is 42.0 Å². The first-order chi connectivity index (χ1) is 10.9. The molecular weight excluding hydrogens is 284 g/mol. The molecule has 1 atom stereocenters. The van der Waals surface area contributed by atoms with Gasteiger partial charge in [0.15, 0.2) is 0 Å². The lowest BCUT2D eigenvalue weighted by Gasteiger charge is -2.25. The molecule has 2 heteroatoms. The monoisotopic (exact) mass is 316 g/mol. The van der Waals surface area contributed by atoms with E-state index in [1.807, 2.05) is 12.1 Å². The van der Waals surface area contributed by atoms with Crippen LogP contribution in [0.15, 0.2) is 30.8 Å². The molecule has 128 valence electrons. The smallest absolute Gasteiger partial charge is 0.338 e. The van der Waals surface area contributed by atoms with Gasteiger partial charge in [-0.1, -0.05) is 71.7 Å². The second-order valence-corrected chi connectivity index (χ2v) is 7.28. The Hall–Kier alpha value is -1.57. The van der Waals surface area contributed by atoms with Crippen LogP contribution in [-0.2, 0) is 4.74 Å². The lowest BCUT2D eigenvalue weighted by molar-refractivity contribution is 0.0452. The molecule has 1 aromatic rings. The van der Waals surface area contributed by atoms with Gasteiger partial charge in [0.25, 0.3) is 0 Å². The van der Waals surface area contributed by atoms with Gasteiger partial charge in [-0.05, 0) is 41.9 Å². The molecular formula is C21H32O2. The van der Waals surface area contributed by atoms with Crippen LogP contribution >= 0.6 is 0 Å². The molecule has 23 heavy (non-hydrogen) atoms. The molecule has 0 aliphatic carbocycles. The number of carbonyl (C=O) groups excluding carboxylic acids is 1. The predicted octanol–water partition coefficient (Wildman–Crippen LogP) is 6.12. The molecule has 0 spiro atoms. The zero-order valence-corrected chi connectivity index (χ0v) is 15.2. The lowest BCUT2D eigenvalue weighted by atomic mass is 9.83. The maximum Gasteiger partial charge on any atom is 0.338 e. The molecule has 1 unspecified atom stereocenters. The van der Waals surface area contributed by atoms with Crippen molar-refractivity contribution < 1.29 is 9.53 Å². The van der Waals surface area contributed by atoms with Gasteiger partial charge >= 0.3 is 5.97 Å². The highest BCUT2D eigenvalue weighted by atomic mass is 16.5. The van der Waals surface area contributed by atoms with Crippen LogP contribution in [0.3, 0.4) is 0 Å². The molecule has 0 aliphatic heterocycles. The SMILES string of the molecule is C=Cc1ccc(C(=O)OCCC(C)(C)CCCC(C)CC)cc1. The zero-order valence-electron chi connectivity index (χ0n) is 15.2. The van der Waals surface area contributed by atoms with Gasteiger partial charge in [0, 0.05) is 0 Å². The molecule has 0 N–H and O–H groups in total. The van der Waals surface area contributed by atoms with Gasteiger partial charge in [-0.2, -0.15) is 0 Å². The van der Waals surface area contributed by atoms with E-state index >= 15 is 0 Å². The Morgan fingerprint density at radius 1 is 1.26 bits per heavy atom. The molecule has 0 aromatic heterocycles. The summed E-state index contributed by atoms with van der Waals surface area (Å²) in [6, 6.07) is 7.33. The number of benzene rings is 1. The van der Waals surface area contributed by atoms with Crippen LogP contribution in [0.1, 0.15) is 75.7 Å². The summed E-state index contributed by atoms with van der Waals surface area (Å²) in [7, 11) is 0. The standard InChI is InChI=1S/C21H32O2/c1-6-17(3)9-8-14-21(4,5)15-16-23-20(22)19-12-10-18(7-2)11-13-19/h7,10-13,17H,2,6,8-9,14-16H2,1,3-5H3. The van der Waals surface area contributed by atoms with E-state index in [-0.39, 0.29) is 11.4 Å². The van der Waals surface area contributed by atoms with Crippen LogP contribution in [0.2, 0.25) is 0 Å². The first-order valence-corrected chi connectivity index (χ1v) is 8.77. The third-order valence-corrected chi connectivity index (χ3v) is 4.64. The molecule has 2 nitrogen and oxygen atoms in total. The van der Waals surface area contributed by atoms with E-state index < -0.39 is 0 Å². The van der Waals surface area contributed by atoms with Crippen LogP contribution in [-0.4, -0.2) is 12.6 Å². The highest BCUT2D eigenvalue weighted by Gasteiger charge is 2.19. The molecule has 0 heterocycles. The molecule has 0 aliphatic rings. The van der Waals surface area contributed by atoms with E-state index in [4.69, 9.17) is 4.74 Å². The van der Waals surface area contributed by atoms with E-state index in [1.165, 1.54) is 25.7 Å². The lowest BCUT2D eigenvalue weighted by Crippen LogP contribution is -2.17. The average Bonchev–Trinajstić information content (AvgIpc) is 2.54. The minimum absolute atomic E-state index is 0.223. The summed E-state index contributed by atoms with van der Waals surface area (Å²) in [5.41, 5.74) is 1.83. The summed E-state index contributed by atoms with van der Waals surface area (Å²) >= 11 is 0. The number of hydrogen-bond donors (Lipinski definition) is 0. The number of hydrogen-bond acceptors (Lipinski definition) is 2. The summed E-state index contributed by atoms with van der Waals surface area (Å²) < 4.78 is 5.42. The van der Waals surface area contributed by atoms with Crippen molar-refractivity contribution in [2.45, 2.75) is 59.8 Å². The number of esters is 1. The topological polar surface area (TPSA) is 26.3 Å². The van der Waals surface area contributed by atoms with Gasteiger partial charge in [-0.25, -0.2) is 4.79 Å². The van der Waals surface area contributed by atoms with Crippen LogP contribution in [0.25, 0.3) is 6.08 Å². The Balaban J connectivity index is 2.33. The number of rotatable bonds is 10. The molecule has 0 bridgehead atoms. The molecule has 0 fully saturated rings. The fourth-order valence-electron chi connectivity index (χ4n) is 2.52. The van der Waals surface area contributed by atoms with Crippen molar-refractivity contribution in [1.82, 2.24) is 0 Å². The highest BCUT2D eigenvalue weighted by molar-refractivity contribution is 5.89. The first kappa shape index (κ1) is 19.5. The largest absolute Gasteiger partial charge is 0.462 e. The van der Waals surface area contributed by atoms with Gasteiger partial charge < -0.3 is 4.74 Å². The fraction of sp³-hybridized carbons (Fsp3) is 0.571. The first-order valence-electron chi connectivity index (χ1n) is 8.77.